The smallest absolute Gasteiger partial charge is 0.419 e. The van der Waals surface area contributed by atoms with Crippen LogP contribution in [0, 0.1) is 11.2 Å². The minimum Gasteiger partial charge on any atom is -0.477 e. The maximum atomic E-state index is 14.8. The number of aromatic nitrogens is 2. The van der Waals surface area contributed by atoms with E-state index >= 15 is 0 Å². The predicted octanol–water partition coefficient (Wildman–Crippen LogP) is 3.00. The highest BCUT2D eigenvalue weighted by atomic mass is 32.2. The maximum absolute atomic E-state index is 14.8. The summed E-state index contributed by atoms with van der Waals surface area (Å²) in [5.41, 5.74) is 6.67. The molecule has 2 aromatic heterocycles. The summed E-state index contributed by atoms with van der Waals surface area (Å²) in [5, 5.41) is 20.3. The molecule has 0 saturated heterocycles. The number of oxazole rings is 1. The third kappa shape index (κ3) is 6.03. The van der Waals surface area contributed by atoms with Gasteiger partial charge in [0.05, 0.1) is 17.3 Å². The summed E-state index contributed by atoms with van der Waals surface area (Å²) < 4.78 is 44.9. The number of nitrogens with two attached hydrogens (primary N) is 1. The second-order valence-electron chi connectivity index (χ2n) is 9.32. The molecule has 11 nitrogen and oxygen atoms in total. The van der Waals surface area contributed by atoms with Crippen LogP contribution in [0.15, 0.2) is 51.8 Å². The number of fused-ring (bicyclic) bond motifs is 1. The molecular formula is C26H28FN5O6S. The minimum absolute atomic E-state index is 0.0144. The van der Waals surface area contributed by atoms with Crippen LogP contribution in [0.2, 0.25) is 0 Å². The van der Waals surface area contributed by atoms with E-state index in [1.807, 2.05) is 0 Å². The number of sulfone groups is 1. The fourth-order valence-corrected chi connectivity index (χ4v) is 5.37. The fourth-order valence-electron chi connectivity index (χ4n) is 4.57. The zero-order valence-electron chi connectivity index (χ0n) is 21.2. The Kier molecular flexibility index (Phi) is 7.63. The van der Waals surface area contributed by atoms with Crippen molar-refractivity contribution < 1.29 is 27.1 Å². The molecule has 2 aromatic carbocycles. The lowest BCUT2D eigenvalue weighted by molar-refractivity contribution is 0.0692. The van der Waals surface area contributed by atoms with Crippen LogP contribution in [0.25, 0.3) is 22.0 Å². The summed E-state index contributed by atoms with van der Waals surface area (Å²) in [6.45, 7) is 2.21. The Morgan fingerprint density at radius 1 is 1.31 bits per heavy atom. The van der Waals surface area contributed by atoms with E-state index in [0.717, 1.165) is 12.3 Å². The topological polar surface area (TPSA) is 184 Å². The molecule has 1 unspecified atom stereocenters. The van der Waals surface area contributed by atoms with Gasteiger partial charge in [0.1, 0.15) is 17.3 Å². The van der Waals surface area contributed by atoms with Crippen LogP contribution in [0.5, 0.6) is 0 Å². The molecular weight excluding hydrogens is 529 g/mol. The van der Waals surface area contributed by atoms with E-state index in [1.165, 1.54) is 16.7 Å². The first kappa shape index (κ1) is 27.6. The van der Waals surface area contributed by atoms with Crippen LogP contribution in [-0.4, -0.2) is 47.8 Å². The fraction of sp³-hybridized carbons (Fsp3) is 0.269. The standard InChI is InChI=1S/C26H28FN5O6S/c1-14(32-12-17(38-26(32)35)5-4-10-30-25(28)29)18-6-3-7-19-21(23(24(33)34)31-22(18)19)15-8-9-16(20(27)11-15)13-39(2,36)37/h3,6-9,11-12,14,31H,4-5,10,13H2,1-2H3,(H,33,34)(H4,28,29,30). The normalized spacial score (nSPS) is 12.5. The molecule has 0 bridgehead atoms. The van der Waals surface area contributed by atoms with E-state index in [2.05, 4.69) is 10.3 Å². The van der Waals surface area contributed by atoms with Crippen molar-refractivity contribution in [3.63, 3.8) is 0 Å². The van der Waals surface area contributed by atoms with E-state index in [1.54, 1.807) is 31.3 Å². The summed E-state index contributed by atoms with van der Waals surface area (Å²) in [6, 6.07) is 8.56. The number of benzene rings is 2. The number of aromatic carboxylic acids is 1. The van der Waals surface area contributed by atoms with Crippen molar-refractivity contribution in [3.05, 3.63) is 81.5 Å². The van der Waals surface area contributed by atoms with Crippen molar-refractivity contribution in [1.29, 1.82) is 5.41 Å². The molecule has 39 heavy (non-hydrogen) atoms. The zero-order chi connectivity index (χ0) is 28.5. The third-order valence-electron chi connectivity index (χ3n) is 6.33. The molecule has 4 rings (SSSR count). The molecule has 0 radical (unpaired) electrons. The number of hydrogen-bond acceptors (Lipinski definition) is 6. The van der Waals surface area contributed by atoms with Gasteiger partial charge in [-0.2, -0.15) is 0 Å². The highest BCUT2D eigenvalue weighted by Gasteiger charge is 2.24. The summed E-state index contributed by atoms with van der Waals surface area (Å²) in [4.78, 5) is 27.7. The number of nitrogens with zero attached hydrogens (tertiary/aromatic N) is 1. The van der Waals surface area contributed by atoms with E-state index in [-0.39, 0.29) is 28.3 Å². The van der Waals surface area contributed by atoms with Crippen molar-refractivity contribution in [2.45, 2.75) is 31.6 Å². The Bertz CT molecular complexity index is 1740. The van der Waals surface area contributed by atoms with E-state index < -0.39 is 39.2 Å². The van der Waals surface area contributed by atoms with Crippen LogP contribution in [0.1, 0.15) is 46.8 Å². The third-order valence-corrected chi connectivity index (χ3v) is 7.17. The first-order valence-corrected chi connectivity index (χ1v) is 14.0. The van der Waals surface area contributed by atoms with Gasteiger partial charge in [-0.05, 0) is 30.5 Å². The van der Waals surface area contributed by atoms with Crippen LogP contribution >= 0.6 is 0 Å². The molecule has 206 valence electrons. The molecule has 0 spiro atoms. The second-order valence-corrected chi connectivity index (χ2v) is 11.5. The van der Waals surface area contributed by atoms with Gasteiger partial charge < -0.3 is 25.6 Å². The first-order chi connectivity index (χ1) is 18.4. The van der Waals surface area contributed by atoms with Crippen molar-refractivity contribution in [2.75, 3.05) is 12.8 Å². The van der Waals surface area contributed by atoms with Gasteiger partial charge in [0.25, 0.3) is 0 Å². The van der Waals surface area contributed by atoms with Gasteiger partial charge >= 0.3 is 11.7 Å². The first-order valence-electron chi connectivity index (χ1n) is 12.0. The number of halogens is 1. The number of aromatic amines is 1. The quantitative estimate of drug-likeness (QED) is 0.112. The van der Waals surface area contributed by atoms with Gasteiger partial charge in [-0.15, -0.1) is 0 Å². The lowest BCUT2D eigenvalue weighted by atomic mass is 9.98. The van der Waals surface area contributed by atoms with Gasteiger partial charge in [-0.3, -0.25) is 9.98 Å². The average molecular weight is 558 g/mol. The van der Waals surface area contributed by atoms with Crippen LogP contribution < -0.4 is 16.8 Å². The van der Waals surface area contributed by atoms with Crippen LogP contribution in [-0.2, 0) is 22.0 Å². The Labute approximate surface area is 222 Å². The number of carbonyl (C=O) groups is 1. The van der Waals surface area contributed by atoms with E-state index in [0.29, 0.717) is 41.6 Å². The summed E-state index contributed by atoms with van der Waals surface area (Å²) in [7, 11) is -3.47. The number of para-hydroxylation sites is 1. The van der Waals surface area contributed by atoms with Crippen molar-refractivity contribution in [3.8, 4) is 11.1 Å². The maximum Gasteiger partial charge on any atom is 0.419 e. The highest BCUT2D eigenvalue weighted by Crippen LogP contribution is 2.37. The van der Waals surface area contributed by atoms with Gasteiger partial charge in [0.2, 0.25) is 0 Å². The Morgan fingerprint density at radius 3 is 2.69 bits per heavy atom. The average Bonchev–Trinajstić information content (AvgIpc) is 3.42. The van der Waals surface area contributed by atoms with Gasteiger partial charge in [-0.1, -0.05) is 30.3 Å². The summed E-state index contributed by atoms with van der Waals surface area (Å²) in [5.74, 6) is -2.77. The lowest BCUT2D eigenvalue weighted by Crippen LogP contribution is -2.31. The van der Waals surface area contributed by atoms with Gasteiger partial charge in [-0.25, -0.2) is 22.4 Å². The van der Waals surface area contributed by atoms with Crippen LogP contribution in [0.4, 0.5) is 4.39 Å². The lowest BCUT2D eigenvalue weighted by Gasteiger charge is -2.13. The SMILES string of the molecule is CC(c1cccc2c(-c3ccc(CS(C)(=O)=O)c(F)c3)c(C(=O)O)[nH]c12)n1cc(CCCNC(=N)N)oc1=O. The summed E-state index contributed by atoms with van der Waals surface area (Å²) >= 11 is 0. The van der Waals surface area contributed by atoms with E-state index in [4.69, 9.17) is 15.6 Å². The number of nitrogens with one attached hydrogen (secondary N) is 3. The zero-order valence-corrected chi connectivity index (χ0v) is 22.1. The molecule has 2 heterocycles. The molecule has 0 aliphatic carbocycles. The Balaban J connectivity index is 1.74. The molecule has 0 fully saturated rings. The molecule has 1 atom stereocenters. The predicted molar refractivity (Wildman–Crippen MR) is 144 cm³/mol. The number of guanidine groups is 1. The number of aryl methyl sites for hydroxylation is 1. The Hall–Kier alpha value is -4.39. The largest absolute Gasteiger partial charge is 0.477 e. The number of carboxylic acids is 1. The number of H-pyrrole nitrogens is 1. The van der Waals surface area contributed by atoms with Gasteiger partial charge in [0.15, 0.2) is 15.8 Å². The molecule has 0 aliphatic heterocycles. The second kappa shape index (κ2) is 10.8. The highest BCUT2D eigenvalue weighted by molar-refractivity contribution is 7.89. The molecule has 0 amide bonds. The van der Waals surface area contributed by atoms with Gasteiger partial charge in [0, 0.05) is 41.9 Å². The molecule has 13 heteroatoms. The number of hydrogen-bond donors (Lipinski definition) is 5. The van der Waals surface area contributed by atoms with Crippen molar-refractivity contribution in [2.24, 2.45) is 5.73 Å². The summed E-state index contributed by atoms with van der Waals surface area (Å²) in [6.07, 6.45) is 3.62. The monoisotopic (exact) mass is 557 g/mol. The molecule has 0 aliphatic rings. The molecule has 6 N–H and O–H groups in total. The van der Waals surface area contributed by atoms with E-state index in [9.17, 15) is 27.5 Å². The van der Waals surface area contributed by atoms with Crippen LogP contribution in [0.3, 0.4) is 0 Å². The van der Waals surface area contributed by atoms with Crippen molar-refractivity contribution >= 4 is 32.7 Å². The number of carboxylic acid groups (broad SMARTS) is 1. The minimum atomic E-state index is -3.47. The molecule has 0 saturated carbocycles. The van der Waals surface area contributed by atoms with Crippen molar-refractivity contribution in [1.82, 2.24) is 14.9 Å². The number of rotatable bonds is 10. The Morgan fingerprint density at radius 2 is 2.05 bits per heavy atom. The molecule has 4 aromatic rings.